The summed E-state index contributed by atoms with van der Waals surface area (Å²) in [4.78, 5) is 2.30. The molecule has 0 saturated carbocycles. The molecule has 0 fully saturated rings. The summed E-state index contributed by atoms with van der Waals surface area (Å²) in [6.45, 7) is 2.20. The standard InChI is InChI=1S/C23H25NO2/c1-5-23(18-7-6-8-18)17(2)24(19-9-13-21(25-3)14-10-19)20-11-15-22(26-4)16-12-20/h1,6-7,9-18,23H,8H2,2-4H3/t17-,18?,23+/m0/s1. The molecule has 26 heavy (non-hydrogen) atoms. The highest BCUT2D eigenvalue weighted by Crippen LogP contribution is 2.37. The maximum absolute atomic E-state index is 5.92. The van der Waals surface area contributed by atoms with Crippen LogP contribution < -0.4 is 14.4 Å². The number of rotatable bonds is 7. The predicted octanol–water partition coefficient (Wildman–Crippen LogP) is 5.06. The normalized spacial score (nSPS) is 17.5. The first-order valence-corrected chi connectivity index (χ1v) is 8.88. The molecule has 1 aliphatic rings. The smallest absolute Gasteiger partial charge is 0.119 e. The van der Waals surface area contributed by atoms with Gasteiger partial charge in [-0.25, -0.2) is 0 Å². The van der Waals surface area contributed by atoms with Crippen molar-refractivity contribution < 1.29 is 9.47 Å². The molecular formula is C23H25NO2. The molecule has 0 N–H and O–H groups in total. The van der Waals surface area contributed by atoms with Crippen molar-refractivity contribution in [3.8, 4) is 23.8 Å². The van der Waals surface area contributed by atoms with Gasteiger partial charge in [0.25, 0.3) is 0 Å². The zero-order chi connectivity index (χ0) is 18.5. The van der Waals surface area contributed by atoms with E-state index in [4.69, 9.17) is 15.9 Å². The van der Waals surface area contributed by atoms with Gasteiger partial charge in [-0.1, -0.05) is 12.2 Å². The van der Waals surface area contributed by atoms with Crippen LogP contribution in [0.1, 0.15) is 13.3 Å². The minimum Gasteiger partial charge on any atom is -0.497 e. The third-order valence-corrected chi connectivity index (χ3v) is 5.07. The molecule has 0 radical (unpaired) electrons. The monoisotopic (exact) mass is 347 g/mol. The van der Waals surface area contributed by atoms with Crippen LogP contribution in [0.4, 0.5) is 11.4 Å². The van der Waals surface area contributed by atoms with Crippen molar-refractivity contribution in [2.24, 2.45) is 11.8 Å². The molecule has 3 heteroatoms. The maximum atomic E-state index is 5.92. The second-order valence-electron chi connectivity index (χ2n) is 6.53. The van der Waals surface area contributed by atoms with Crippen LogP contribution >= 0.6 is 0 Å². The summed E-state index contributed by atoms with van der Waals surface area (Å²) < 4.78 is 10.6. The van der Waals surface area contributed by atoms with E-state index in [9.17, 15) is 0 Å². The highest BCUT2D eigenvalue weighted by Gasteiger charge is 2.31. The molecule has 1 unspecified atom stereocenters. The molecule has 0 heterocycles. The zero-order valence-electron chi connectivity index (χ0n) is 15.6. The van der Waals surface area contributed by atoms with Gasteiger partial charge in [0.1, 0.15) is 11.5 Å². The molecule has 2 aromatic rings. The van der Waals surface area contributed by atoms with Crippen LogP contribution in [0.2, 0.25) is 0 Å². The SMILES string of the molecule is C#C[C@@H](C1C=CC1)[C@H](C)N(c1ccc(OC)cc1)c1ccc(OC)cc1. The Labute approximate surface area is 156 Å². The fourth-order valence-corrected chi connectivity index (χ4v) is 3.45. The molecular weight excluding hydrogens is 322 g/mol. The summed E-state index contributed by atoms with van der Waals surface area (Å²) in [6, 6.07) is 16.4. The number of allylic oxidation sites excluding steroid dienone is 2. The molecule has 0 amide bonds. The van der Waals surface area contributed by atoms with E-state index in [1.165, 1.54) is 0 Å². The van der Waals surface area contributed by atoms with E-state index >= 15 is 0 Å². The van der Waals surface area contributed by atoms with Crippen LogP contribution in [0.3, 0.4) is 0 Å². The lowest BCUT2D eigenvalue weighted by atomic mass is 9.78. The largest absolute Gasteiger partial charge is 0.497 e. The van der Waals surface area contributed by atoms with E-state index in [-0.39, 0.29) is 12.0 Å². The van der Waals surface area contributed by atoms with Gasteiger partial charge in [0.15, 0.2) is 0 Å². The number of hydrogen-bond acceptors (Lipinski definition) is 3. The summed E-state index contributed by atoms with van der Waals surface area (Å²) >= 11 is 0. The van der Waals surface area contributed by atoms with Crippen LogP contribution in [-0.2, 0) is 0 Å². The molecule has 0 bridgehead atoms. The molecule has 2 aromatic carbocycles. The Morgan fingerprint density at radius 2 is 1.42 bits per heavy atom. The first-order chi connectivity index (χ1) is 12.7. The van der Waals surface area contributed by atoms with Crippen LogP contribution in [-0.4, -0.2) is 20.3 Å². The number of hydrogen-bond donors (Lipinski definition) is 0. The minimum atomic E-state index is 0.143. The van der Waals surface area contributed by atoms with E-state index in [2.05, 4.69) is 54.2 Å². The molecule has 1 aliphatic carbocycles. The summed E-state index contributed by atoms with van der Waals surface area (Å²) in [6.07, 6.45) is 11.4. The Bertz CT molecular complexity index is 739. The number of ether oxygens (including phenoxy) is 2. The van der Waals surface area contributed by atoms with Gasteiger partial charge in [-0.15, -0.1) is 12.3 Å². The molecule has 0 aromatic heterocycles. The topological polar surface area (TPSA) is 21.7 Å². The van der Waals surface area contributed by atoms with Crippen LogP contribution in [0.5, 0.6) is 11.5 Å². The third kappa shape index (κ3) is 3.55. The quantitative estimate of drug-likeness (QED) is 0.516. The molecule has 0 saturated heterocycles. The summed E-state index contributed by atoms with van der Waals surface area (Å²) in [5.41, 5.74) is 2.18. The zero-order valence-corrected chi connectivity index (χ0v) is 15.6. The molecule has 0 aliphatic heterocycles. The first kappa shape index (κ1) is 17.9. The fraction of sp³-hybridized carbons (Fsp3) is 0.304. The highest BCUT2D eigenvalue weighted by molar-refractivity contribution is 5.66. The van der Waals surface area contributed by atoms with Gasteiger partial charge in [-0.05, 0) is 67.8 Å². The first-order valence-electron chi connectivity index (χ1n) is 8.88. The van der Waals surface area contributed by atoms with Crippen LogP contribution in [0, 0.1) is 24.2 Å². The van der Waals surface area contributed by atoms with Crippen LogP contribution in [0.15, 0.2) is 60.7 Å². The molecule has 3 rings (SSSR count). The predicted molar refractivity (Wildman–Crippen MR) is 107 cm³/mol. The van der Waals surface area contributed by atoms with Gasteiger partial charge in [0.05, 0.1) is 14.2 Å². The number of anilines is 2. The Balaban J connectivity index is 1.99. The molecule has 3 atom stereocenters. The number of benzene rings is 2. The van der Waals surface area contributed by atoms with Crippen molar-refractivity contribution in [3.63, 3.8) is 0 Å². The van der Waals surface area contributed by atoms with Crippen molar-refractivity contribution >= 4 is 11.4 Å². The lowest BCUT2D eigenvalue weighted by Gasteiger charge is -2.38. The van der Waals surface area contributed by atoms with Crippen molar-refractivity contribution in [3.05, 3.63) is 60.7 Å². The van der Waals surface area contributed by atoms with E-state index < -0.39 is 0 Å². The Hall–Kier alpha value is -2.86. The van der Waals surface area contributed by atoms with Crippen molar-refractivity contribution in [2.45, 2.75) is 19.4 Å². The summed E-state index contributed by atoms with van der Waals surface area (Å²) in [7, 11) is 3.35. The van der Waals surface area contributed by atoms with Gasteiger partial charge in [-0.2, -0.15) is 0 Å². The van der Waals surface area contributed by atoms with E-state index in [0.29, 0.717) is 5.92 Å². The van der Waals surface area contributed by atoms with Crippen molar-refractivity contribution in [1.82, 2.24) is 0 Å². The average Bonchev–Trinajstić information content (AvgIpc) is 2.65. The van der Waals surface area contributed by atoms with Gasteiger partial charge in [0.2, 0.25) is 0 Å². The molecule has 0 spiro atoms. The fourth-order valence-electron chi connectivity index (χ4n) is 3.45. The summed E-state index contributed by atoms with van der Waals surface area (Å²) in [5.74, 6) is 5.29. The lowest BCUT2D eigenvalue weighted by molar-refractivity contribution is 0.401. The third-order valence-electron chi connectivity index (χ3n) is 5.07. The minimum absolute atomic E-state index is 0.143. The van der Waals surface area contributed by atoms with Gasteiger partial charge in [-0.3, -0.25) is 0 Å². The number of terminal acetylenes is 1. The maximum Gasteiger partial charge on any atom is 0.119 e. The van der Waals surface area contributed by atoms with Gasteiger partial charge in [0, 0.05) is 23.3 Å². The lowest BCUT2D eigenvalue weighted by Crippen LogP contribution is -2.38. The van der Waals surface area contributed by atoms with E-state index in [1.54, 1.807) is 14.2 Å². The second-order valence-corrected chi connectivity index (χ2v) is 6.53. The number of methoxy groups -OCH3 is 2. The Morgan fingerprint density at radius 3 is 1.73 bits per heavy atom. The van der Waals surface area contributed by atoms with Crippen molar-refractivity contribution in [2.75, 3.05) is 19.1 Å². The van der Waals surface area contributed by atoms with E-state index in [1.807, 2.05) is 24.3 Å². The molecule has 3 nitrogen and oxygen atoms in total. The average molecular weight is 347 g/mol. The van der Waals surface area contributed by atoms with Gasteiger partial charge >= 0.3 is 0 Å². The summed E-state index contributed by atoms with van der Waals surface area (Å²) in [5, 5.41) is 0. The Morgan fingerprint density at radius 1 is 0.962 bits per heavy atom. The Kier molecular flexibility index (Phi) is 5.53. The number of nitrogens with zero attached hydrogens (tertiary/aromatic N) is 1. The molecule has 134 valence electrons. The van der Waals surface area contributed by atoms with Crippen molar-refractivity contribution in [1.29, 1.82) is 0 Å². The second kappa shape index (κ2) is 8.01. The highest BCUT2D eigenvalue weighted by atomic mass is 16.5. The van der Waals surface area contributed by atoms with E-state index in [0.717, 1.165) is 29.3 Å². The van der Waals surface area contributed by atoms with Gasteiger partial charge < -0.3 is 14.4 Å². The van der Waals surface area contributed by atoms with Crippen LogP contribution in [0.25, 0.3) is 0 Å².